The largest absolute Gasteiger partial charge is 0.371 e. The van der Waals surface area contributed by atoms with Crippen molar-refractivity contribution >= 4 is 5.69 Å². The maximum absolute atomic E-state index is 6.19. The van der Waals surface area contributed by atoms with Crippen LogP contribution in [0.1, 0.15) is 51.2 Å². The number of anilines is 1. The number of benzene rings is 1. The lowest BCUT2D eigenvalue weighted by atomic mass is 9.83. The van der Waals surface area contributed by atoms with Gasteiger partial charge in [0.15, 0.2) is 0 Å². The first-order valence-electron chi connectivity index (χ1n) is 8.01. The van der Waals surface area contributed by atoms with Crippen molar-refractivity contribution in [2.45, 2.75) is 59.4 Å². The van der Waals surface area contributed by atoms with Crippen LogP contribution in [0.4, 0.5) is 5.69 Å². The Kier molecular flexibility index (Phi) is 4.74. The summed E-state index contributed by atoms with van der Waals surface area (Å²) in [6.45, 7) is 11.4. The molecule has 0 saturated carbocycles. The highest BCUT2D eigenvalue weighted by Gasteiger charge is 2.27. The number of nitrogens with zero attached hydrogens (tertiary/aromatic N) is 1. The van der Waals surface area contributed by atoms with E-state index in [9.17, 15) is 0 Å². The normalized spacial score (nSPS) is 19.9. The fraction of sp³-hybridized carbons (Fsp3) is 0.667. The highest BCUT2D eigenvalue weighted by molar-refractivity contribution is 5.56. The van der Waals surface area contributed by atoms with Crippen LogP contribution in [0.2, 0.25) is 0 Å². The summed E-state index contributed by atoms with van der Waals surface area (Å²) in [5, 5.41) is 0. The number of aryl methyl sites for hydroxylation is 1. The SMILES string of the molecule is CCC(N)Cc1cc(C)ccc1N1CCCC(C)(C)C1. The lowest BCUT2D eigenvalue weighted by Gasteiger charge is -2.40. The summed E-state index contributed by atoms with van der Waals surface area (Å²) in [4.78, 5) is 2.57. The van der Waals surface area contributed by atoms with Crippen LogP contribution in [0.25, 0.3) is 0 Å². The minimum atomic E-state index is 0.272. The van der Waals surface area contributed by atoms with E-state index in [4.69, 9.17) is 5.73 Å². The number of rotatable bonds is 4. The smallest absolute Gasteiger partial charge is 0.0399 e. The summed E-state index contributed by atoms with van der Waals surface area (Å²) in [6.07, 6.45) is 4.66. The molecular weight excluding hydrogens is 244 g/mol. The summed E-state index contributed by atoms with van der Waals surface area (Å²) in [6, 6.07) is 7.13. The van der Waals surface area contributed by atoms with E-state index in [0.717, 1.165) is 19.4 Å². The average Bonchev–Trinajstić information content (AvgIpc) is 2.37. The van der Waals surface area contributed by atoms with E-state index in [-0.39, 0.29) is 6.04 Å². The van der Waals surface area contributed by atoms with Gasteiger partial charge in [0.2, 0.25) is 0 Å². The predicted molar refractivity (Wildman–Crippen MR) is 88.4 cm³/mol. The molecular formula is C18H30N2. The van der Waals surface area contributed by atoms with Gasteiger partial charge in [0.05, 0.1) is 0 Å². The zero-order valence-electron chi connectivity index (χ0n) is 13.6. The van der Waals surface area contributed by atoms with Crippen molar-refractivity contribution in [3.63, 3.8) is 0 Å². The molecule has 0 aromatic heterocycles. The summed E-state index contributed by atoms with van der Waals surface area (Å²) in [7, 11) is 0. The number of hydrogen-bond acceptors (Lipinski definition) is 2. The Hall–Kier alpha value is -1.02. The molecule has 0 spiro atoms. The summed E-state index contributed by atoms with van der Waals surface area (Å²) in [5.41, 5.74) is 10.8. The molecule has 0 aliphatic carbocycles. The average molecular weight is 274 g/mol. The van der Waals surface area contributed by atoms with Crippen LogP contribution >= 0.6 is 0 Å². The maximum Gasteiger partial charge on any atom is 0.0399 e. The van der Waals surface area contributed by atoms with E-state index < -0.39 is 0 Å². The highest BCUT2D eigenvalue weighted by Crippen LogP contribution is 2.33. The molecule has 0 amide bonds. The van der Waals surface area contributed by atoms with E-state index in [1.165, 1.54) is 36.2 Å². The Morgan fingerprint density at radius 2 is 2.10 bits per heavy atom. The van der Waals surface area contributed by atoms with E-state index in [2.05, 4.69) is 50.8 Å². The Morgan fingerprint density at radius 3 is 2.75 bits per heavy atom. The Morgan fingerprint density at radius 1 is 1.35 bits per heavy atom. The third kappa shape index (κ3) is 3.76. The third-order valence-corrected chi connectivity index (χ3v) is 4.48. The van der Waals surface area contributed by atoms with Crippen molar-refractivity contribution in [1.29, 1.82) is 0 Å². The fourth-order valence-electron chi connectivity index (χ4n) is 3.24. The lowest BCUT2D eigenvalue weighted by Crippen LogP contribution is -2.40. The molecule has 2 nitrogen and oxygen atoms in total. The van der Waals surface area contributed by atoms with Crippen molar-refractivity contribution in [1.82, 2.24) is 0 Å². The zero-order valence-corrected chi connectivity index (χ0v) is 13.6. The molecule has 2 rings (SSSR count). The molecule has 1 aliphatic heterocycles. The van der Waals surface area contributed by atoms with Crippen molar-refractivity contribution in [3.05, 3.63) is 29.3 Å². The molecule has 1 aromatic rings. The molecule has 1 aliphatic rings. The summed E-state index contributed by atoms with van der Waals surface area (Å²) in [5.74, 6) is 0. The minimum Gasteiger partial charge on any atom is -0.371 e. The van der Waals surface area contributed by atoms with Crippen molar-refractivity contribution in [2.24, 2.45) is 11.1 Å². The van der Waals surface area contributed by atoms with Gasteiger partial charge in [0, 0.05) is 24.8 Å². The second-order valence-corrected chi connectivity index (χ2v) is 7.19. The second-order valence-electron chi connectivity index (χ2n) is 7.19. The first kappa shape index (κ1) is 15.4. The van der Waals surface area contributed by atoms with E-state index in [0.29, 0.717) is 5.41 Å². The molecule has 2 heteroatoms. The molecule has 0 radical (unpaired) electrons. The zero-order chi connectivity index (χ0) is 14.8. The van der Waals surface area contributed by atoms with Crippen molar-refractivity contribution in [2.75, 3.05) is 18.0 Å². The number of piperidine rings is 1. The van der Waals surface area contributed by atoms with Crippen LogP contribution in [-0.4, -0.2) is 19.1 Å². The van der Waals surface area contributed by atoms with Gasteiger partial charge < -0.3 is 10.6 Å². The Balaban J connectivity index is 2.26. The molecule has 1 saturated heterocycles. The molecule has 1 aromatic carbocycles. The molecule has 1 fully saturated rings. The predicted octanol–water partition coefficient (Wildman–Crippen LogP) is 3.90. The van der Waals surface area contributed by atoms with Gasteiger partial charge >= 0.3 is 0 Å². The van der Waals surface area contributed by atoms with Gasteiger partial charge in [0.25, 0.3) is 0 Å². The van der Waals surface area contributed by atoms with Gasteiger partial charge in [-0.1, -0.05) is 38.5 Å². The monoisotopic (exact) mass is 274 g/mol. The topological polar surface area (TPSA) is 29.3 Å². The minimum absolute atomic E-state index is 0.272. The standard InChI is InChI=1S/C18H30N2/c1-5-16(19)12-15-11-14(2)7-8-17(15)20-10-6-9-18(3,4)13-20/h7-8,11,16H,5-6,9-10,12-13,19H2,1-4H3. The highest BCUT2D eigenvalue weighted by atomic mass is 15.1. The first-order valence-corrected chi connectivity index (χ1v) is 8.01. The molecule has 20 heavy (non-hydrogen) atoms. The third-order valence-electron chi connectivity index (χ3n) is 4.48. The molecule has 2 N–H and O–H groups in total. The van der Waals surface area contributed by atoms with Crippen molar-refractivity contribution in [3.8, 4) is 0 Å². The molecule has 1 heterocycles. The van der Waals surface area contributed by atoms with Gasteiger partial charge in [-0.25, -0.2) is 0 Å². The van der Waals surface area contributed by atoms with E-state index in [1.807, 2.05) is 0 Å². The van der Waals surface area contributed by atoms with E-state index in [1.54, 1.807) is 0 Å². The molecule has 0 bridgehead atoms. The molecule has 1 atom stereocenters. The lowest BCUT2D eigenvalue weighted by molar-refractivity contribution is 0.293. The van der Waals surface area contributed by atoms with Gasteiger partial charge in [-0.2, -0.15) is 0 Å². The van der Waals surface area contributed by atoms with Crippen LogP contribution in [0.15, 0.2) is 18.2 Å². The maximum atomic E-state index is 6.19. The summed E-state index contributed by atoms with van der Waals surface area (Å²) < 4.78 is 0. The summed E-state index contributed by atoms with van der Waals surface area (Å²) >= 11 is 0. The first-order chi connectivity index (χ1) is 9.41. The van der Waals surface area contributed by atoms with Gasteiger partial charge in [0.1, 0.15) is 0 Å². The Bertz CT molecular complexity index is 451. The van der Waals surface area contributed by atoms with Crippen LogP contribution < -0.4 is 10.6 Å². The number of hydrogen-bond donors (Lipinski definition) is 1. The van der Waals surface area contributed by atoms with Crippen LogP contribution in [0.3, 0.4) is 0 Å². The fourth-order valence-corrected chi connectivity index (χ4v) is 3.24. The molecule has 1 unspecified atom stereocenters. The quantitative estimate of drug-likeness (QED) is 0.902. The van der Waals surface area contributed by atoms with Crippen LogP contribution in [0, 0.1) is 12.3 Å². The van der Waals surface area contributed by atoms with E-state index >= 15 is 0 Å². The van der Waals surface area contributed by atoms with Gasteiger partial charge in [-0.3, -0.25) is 0 Å². The van der Waals surface area contributed by atoms with Gasteiger partial charge in [-0.05, 0) is 49.7 Å². The van der Waals surface area contributed by atoms with Crippen LogP contribution in [0.5, 0.6) is 0 Å². The van der Waals surface area contributed by atoms with Crippen molar-refractivity contribution < 1.29 is 0 Å². The Labute approximate surface area is 124 Å². The number of nitrogens with two attached hydrogens (primary N) is 1. The molecule has 112 valence electrons. The second kappa shape index (κ2) is 6.17. The van der Waals surface area contributed by atoms with Crippen LogP contribution in [-0.2, 0) is 6.42 Å². The van der Waals surface area contributed by atoms with Gasteiger partial charge in [-0.15, -0.1) is 0 Å².